The van der Waals surface area contributed by atoms with E-state index in [1.807, 2.05) is 0 Å². The molecule has 3 atom stereocenters. The van der Waals surface area contributed by atoms with Gasteiger partial charge in [0.1, 0.15) is 49.0 Å². The van der Waals surface area contributed by atoms with E-state index in [9.17, 15) is 48.5 Å². The van der Waals surface area contributed by atoms with Gasteiger partial charge in [-0.3, -0.25) is 29.3 Å². The Bertz CT molecular complexity index is 2170. The van der Waals surface area contributed by atoms with Crippen LogP contribution in [0, 0.1) is 10.1 Å². The maximum Gasteiger partial charge on any atom is 0.432 e. The number of benzene rings is 2. The lowest BCUT2D eigenvalue weighted by molar-refractivity contribution is -0.385. The lowest BCUT2D eigenvalue weighted by Crippen LogP contribution is -2.52. The number of hydroxylamine groups is 2. The normalized spacial score (nSPS) is 15.9. The minimum atomic E-state index is -1.19. The molecule has 320 valence electrons. The summed E-state index contributed by atoms with van der Waals surface area (Å²) in [6.45, 7) is 2.76. The number of nitro benzene ring substituents is 1. The molecule has 0 aliphatic carbocycles. The van der Waals surface area contributed by atoms with Crippen molar-refractivity contribution in [2.75, 3.05) is 32.9 Å². The van der Waals surface area contributed by atoms with Gasteiger partial charge in [-0.1, -0.05) is 25.1 Å². The van der Waals surface area contributed by atoms with Crippen LogP contribution >= 0.6 is 0 Å². The van der Waals surface area contributed by atoms with E-state index in [4.69, 9.17) is 23.5 Å². The molecule has 2 N–H and O–H groups in total. The number of Topliss-reactive ketones (excluding diaryl/α,β-unsaturated/α-hetero) is 1. The smallest absolute Gasteiger partial charge is 0.432 e. The van der Waals surface area contributed by atoms with Crippen LogP contribution in [0.4, 0.5) is 15.3 Å². The number of rotatable bonds is 19. The fourth-order valence-electron chi connectivity index (χ4n) is 6.83. The van der Waals surface area contributed by atoms with Crippen LogP contribution in [0.25, 0.3) is 11.0 Å². The molecule has 1 aromatic heterocycles. The summed E-state index contributed by atoms with van der Waals surface area (Å²) in [7, 11) is 0. The van der Waals surface area contributed by atoms with E-state index in [1.165, 1.54) is 36.1 Å². The Hall–Kier alpha value is -6.86. The summed E-state index contributed by atoms with van der Waals surface area (Å²) in [6.07, 6.45) is -0.713. The second-order valence-corrected chi connectivity index (χ2v) is 14.2. The standard InChI is InChI=1S/C40H45N5O15/c1-24(28-8-3-4-10-31(28)45(54)55)23-58-40(53)42-30(9-5-6-16-41-39(52)60-44-34(47)14-15-35(44)48)37(50)43-17-7-11-32(43)38(51)57-19-18-56-27-12-13-29-26(20-25(2)46)21-36(49)59-33(29)22-27/h3-4,8,10,12-13,21-22,24,30,32H,5-7,9,11,14-20,23H2,1-2H3,(H,41,52)(H,42,53)/t24?,30-,32-/m0/s1. The molecule has 20 heteroatoms. The Morgan fingerprint density at radius 2 is 1.72 bits per heavy atom. The van der Waals surface area contributed by atoms with Gasteiger partial charge in [0.2, 0.25) is 5.91 Å². The summed E-state index contributed by atoms with van der Waals surface area (Å²) in [4.78, 5) is 117. The van der Waals surface area contributed by atoms with E-state index in [0.717, 1.165) is 0 Å². The molecular formula is C40H45N5O15. The molecule has 2 saturated heterocycles. The van der Waals surface area contributed by atoms with E-state index in [-0.39, 0.29) is 94.9 Å². The zero-order valence-corrected chi connectivity index (χ0v) is 33.0. The average Bonchev–Trinajstić information content (AvgIpc) is 3.83. The van der Waals surface area contributed by atoms with Gasteiger partial charge in [-0.15, -0.1) is 5.06 Å². The number of para-hydroxylation sites is 1. The number of hydrogen-bond donors (Lipinski definition) is 2. The average molecular weight is 836 g/mol. The number of esters is 1. The highest BCUT2D eigenvalue weighted by Gasteiger charge is 2.39. The molecule has 0 saturated carbocycles. The van der Waals surface area contributed by atoms with Crippen LogP contribution in [-0.2, 0) is 44.7 Å². The number of ether oxygens (including phenoxy) is 3. The zero-order chi connectivity index (χ0) is 43.3. The third-order valence-electron chi connectivity index (χ3n) is 9.73. The molecule has 3 aromatic rings. The number of imide groups is 1. The first-order valence-electron chi connectivity index (χ1n) is 19.4. The lowest BCUT2D eigenvalue weighted by Gasteiger charge is -2.28. The van der Waals surface area contributed by atoms with E-state index in [1.54, 1.807) is 31.2 Å². The number of carbonyl (C=O) groups is 7. The van der Waals surface area contributed by atoms with Gasteiger partial charge < -0.3 is 39.0 Å². The number of nitrogens with zero attached hydrogens (tertiary/aromatic N) is 3. The Labute approximate surface area is 342 Å². The largest absolute Gasteiger partial charge is 0.490 e. The van der Waals surface area contributed by atoms with Gasteiger partial charge in [0.15, 0.2) is 0 Å². The van der Waals surface area contributed by atoms with Crippen LogP contribution in [0.5, 0.6) is 5.75 Å². The molecule has 2 fully saturated rings. The number of ketones is 1. The molecule has 20 nitrogen and oxygen atoms in total. The number of carbonyl (C=O) groups excluding carboxylic acids is 7. The third-order valence-corrected chi connectivity index (χ3v) is 9.73. The van der Waals surface area contributed by atoms with Crippen molar-refractivity contribution in [3.8, 4) is 5.75 Å². The van der Waals surface area contributed by atoms with Crippen molar-refractivity contribution in [3.05, 3.63) is 80.2 Å². The van der Waals surface area contributed by atoms with Crippen LogP contribution < -0.4 is 21.0 Å². The van der Waals surface area contributed by atoms with Crippen LogP contribution in [-0.4, -0.2) is 102 Å². The number of amides is 5. The number of alkyl carbamates (subject to hydrolysis) is 1. The van der Waals surface area contributed by atoms with Crippen molar-refractivity contribution >= 4 is 58.3 Å². The summed E-state index contributed by atoms with van der Waals surface area (Å²) < 4.78 is 21.8. The van der Waals surface area contributed by atoms with Crippen LogP contribution in [0.3, 0.4) is 0 Å². The fourth-order valence-corrected chi connectivity index (χ4v) is 6.83. The minimum Gasteiger partial charge on any atom is -0.490 e. The molecule has 60 heavy (non-hydrogen) atoms. The Kier molecular flexibility index (Phi) is 15.3. The topological polar surface area (TPSA) is 260 Å². The maximum absolute atomic E-state index is 14.0. The molecule has 5 rings (SSSR count). The number of nitrogens with one attached hydrogen (secondary N) is 2. The van der Waals surface area contributed by atoms with Crippen molar-refractivity contribution in [2.24, 2.45) is 0 Å². The van der Waals surface area contributed by atoms with Crippen LogP contribution in [0.1, 0.15) is 75.8 Å². The Morgan fingerprint density at radius 1 is 0.967 bits per heavy atom. The molecular weight excluding hydrogens is 790 g/mol. The van der Waals surface area contributed by atoms with E-state index in [0.29, 0.717) is 33.7 Å². The second kappa shape index (κ2) is 20.7. The van der Waals surface area contributed by atoms with Gasteiger partial charge in [0.05, 0.1) is 4.92 Å². The molecule has 5 amide bonds. The van der Waals surface area contributed by atoms with Gasteiger partial charge in [-0.25, -0.2) is 19.2 Å². The van der Waals surface area contributed by atoms with Gasteiger partial charge in [-0.05, 0) is 56.7 Å². The van der Waals surface area contributed by atoms with Crippen molar-refractivity contribution in [1.29, 1.82) is 0 Å². The molecule has 2 aliphatic rings. The molecule has 0 radical (unpaired) electrons. The highest BCUT2D eigenvalue weighted by atomic mass is 16.7. The first kappa shape index (κ1) is 44.2. The number of likely N-dealkylation sites (tertiary alicyclic amines) is 1. The van der Waals surface area contributed by atoms with Crippen molar-refractivity contribution < 1.29 is 62.0 Å². The Morgan fingerprint density at radius 3 is 2.45 bits per heavy atom. The molecule has 0 bridgehead atoms. The predicted molar refractivity (Wildman–Crippen MR) is 207 cm³/mol. The van der Waals surface area contributed by atoms with Crippen LogP contribution in [0.15, 0.2) is 57.7 Å². The zero-order valence-electron chi connectivity index (χ0n) is 33.0. The first-order chi connectivity index (χ1) is 28.7. The summed E-state index contributed by atoms with van der Waals surface area (Å²) in [5.41, 5.74) is 0.340. The second-order valence-electron chi connectivity index (χ2n) is 14.2. The highest BCUT2D eigenvalue weighted by molar-refractivity contribution is 6.01. The van der Waals surface area contributed by atoms with E-state index >= 15 is 0 Å². The number of fused-ring (bicyclic) bond motifs is 1. The summed E-state index contributed by atoms with van der Waals surface area (Å²) in [5.74, 6) is -2.93. The number of unbranched alkanes of at least 4 members (excludes halogenated alkanes) is 1. The number of hydrogen-bond acceptors (Lipinski definition) is 15. The minimum absolute atomic E-state index is 0.0308. The monoisotopic (exact) mass is 835 g/mol. The van der Waals surface area contributed by atoms with E-state index < -0.39 is 64.4 Å². The first-order valence-corrected chi connectivity index (χ1v) is 19.4. The van der Waals surface area contributed by atoms with Crippen molar-refractivity contribution in [2.45, 2.75) is 83.2 Å². The highest BCUT2D eigenvalue weighted by Crippen LogP contribution is 2.27. The maximum atomic E-state index is 14.0. The molecule has 2 aromatic carbocycles. The van der Waals surface area contributed by atoms with Gasteiger partial charge in [0, 0.05) is 67.4 Å². The lowest BCUT2D eigenvalue weighted by atomic mass is 10.0. The van der Waals surface area contributed by atoms with Gasteiger partial charge in [0.25, 0.3) is 17.5 Å². The quantitative estimate of drug-likeness (QED) is 0.0437. The number of nitro groups is 1. The molecule has 3 heterocycles. The van der Waals surface area contributed by atoms with Crippen molar-refractivity contribution in [3.63, 3.8) is 0 Å². The summed E-state index contributed by atoms with van der Waals surface area (Å²) >= 11 is 0. The summed E-state index contributed by atoms with van der Waals surface area (Å²) in [5, 5.41) is 17.5. The summed E-state index contributed by atoms with van der Waals surface area (Å²) in [6, 6.07) is 9.90. The van der Waals surface area contributed by atoms with Crippen molar-refractivity contribution in [1.82, 2.24) is 20.6 Å². The van der Waals surface area contributed by atoms with E-state index in [2.05, 4.69) is 10.6 Å². The fraction of sp³-hybridized carbons (Fsp3) is 0.450. The molecule has 1 unspecified atom stereocenters. The predicted octanol–water partition coefficient (Wildman–Crippen LogP) is 3.60. The van der Waals surface area contributed by atoms with Gasteiger partial charge >= 0.3 is 23.8 Å². The SMILES string of the molecule is CC(=O)Cc1cc(=O)oc2cc(OCCOC(=O)[C@@H]3CCCN3C(=O)[C@H](CCCCNC(=O)ON3C(=O)CCC3=O)NC(=O)OCC(C)c3ccccc3[N+](=O)[O-])ccc12. The molecule has 0 spiro atoms. The molecule has 2 aliphatic heterocycles. The van der Waals surface area contributed by atoms with Crippen LogP contribution in [0.2, 0.25) is 0 Å². The third kappa shape index (κ3) is 11.9. The van der Waals surface area contributed by atoms with Gasteiger partial charge in [-0.2, -0.15) is 0 Å². The Balaban J connectivity index is 1.16.